The Balaban J connectivity index is 1.62. The molecule has 1 aromatic carbocycles. The molecule has 0 atom stereocenters. The van der Waals surface area contributed by atoms with Gasteiger partial charge in [-0.1, -0.05) is 28.9 Å². The van der Waals surface area contributed by atoms with Crippen molar-refractivity contribution in [2.75, 3.05) is 13.1 Å². The van der Waals surface area contributed by atoms with Crippen LogP contribution in [0.3, 0.4) is 0 Å². The molecule has 2 heterocycles. The summed E-state index contributed by atoms with van der Waals surface area (Å²) in [5.41, 5.74) is 3.34. The van der Waals surface area contributed by atoms with Gasteiger partial charge in [-0.05, 0) is 30.9 Å². The first kappa shape index (κ1) is 12.4. The van der Waals surface area contributed by atoms with Gasteiger partial charge in [-0.25, -0.2) is 0 Å². The summed E-state index contributed by atoms with van der Waals surface area (Å²) in [4.78, 5) is 2.54. The van der Waals surface area contributed by atoms with Crippen LogP contribution in [0.25, 0.3) is 11.3 Å². The van der Waals surface area contributed by atoms with E-state index in [1.165, 1.54) is 24.9 Å². The van der Waals surface area contributed by atoms with Crippen LogP contribution in [0.5, 0.6) is 0 Å². The van der Waals surface area contributed by atoms with Gasteiger partial charge in [0, 0.05) is 42.2 Å². The minimum absolute atomic E-state index is 0.751. The number of hydrogen-bond donors (Lipinski definition) is 0. The van der Waals surface area contributed by atoms with Gasteiger partial charge >= 0.3 is 0 Å². The van der Waals surface area contributed by atoms with E-state index in [9.17, 15) is 0 Å². The first-order chi connectivity index (χ1) is 9.79. The summed E-state index contributed by atoms with van der Waals surface area (Å²) >= 11 is 5.95. The van der Waals surface area contributed by atoms with E-state index in [0.717, 1.165) is 47.5 Å². The van der Waals surface area contributed by atoms with Gasteiger partial charge in [0.1, 0.15) is 11.5 Å². The summed E-state index contributed by atoms with van der Waals surface area (Å²) in [7, 11) is 0. The van der Waals surface area contributed by atoms with E-state index >= 15 is 0 Å². The van der Waals surface area contributed by atoms with Crippen LogP contribution in [0, 0.1) is 5.92 Å². The summed E-state index contributed by atoms with van der Waals surface area (Å²) in [6.45, 7) is 3.29. The van der Waals surface area contributed by atoms with Crippen LogP contribution in [0.1, 0.15) is 24.2 Å². The summed E-state index contributed by atoms with van der Waals surface area (Å²) in [5, 5.41) is 5.03. The van der Waals surface area contributed by atoms with Crippen molar-refractivity contribution in [3.63, 3.8) is 0 Å². The van der Waals surface area contributed by atoms with Crippen molar-refractivity contribution < 1.29 is 4.52 Å². The van der Waals surface area contributed by atoms with Crippen LogP contribution in [0.15, 0.2) is 28.8 Å². The summed E-state index contributed by atoms with van der Waals surface area (Å²) in [6, 6.07) is 7.84. The minimum atomic E-state index is 0.751. The Kier molecular flexibility index (Phi) is 3.04. The lowest BCUT2D eigenvalue weighted by Crippen LogP contribution is -2.31. The second-order valence-electron chi connectivity index (χ2n) is 5.87. The molecule has 0 N–H and O–H groups in total. The first-order valence-electron chi connectivity index (χ1n) is 7.25. The maximum absolute atomic E-state index is 5.95. The highest BCUT2D eigenvalue weighted by molar-refractivity contribution is 6.30. The Morgan fingerprint density at radius 2 is 2.05 bits per heavy atom. The van der Waals surface area contributed by atoms with Gasteiger partial charge in [-0.3, -0.25) is 4.90 Å². The predicted molar refractivity (Wildman–Crippen MR) is 78.7 cm³/mol. The Hall–Kier alpha value is -1.32. The molecule has 1 aliphatic carbocycles. The monoisotopic (exact) mass is 288 g/mol. The van der Waals surface area contributed by atoms with Gasteiger partial charge in [-0.2, -0.15) is 0 Å². The molecule has 0 saturated heterocycles. The Morgan fingerprint density at radius 1 is 1.25 bits per heavy atom. The molecule has 1 saturated carbocycles. The molecule has 104 valence electrons. The molecule has 2 aliphatic rings. The van der Waals surface area contributed by atoms with E-state index in [0.29, 0.717) is 0 Å². The standard InChI is InChI=1S/C16H17ClN2O/c17-13-5-3-12(4-6-13)16-14-10-19(9-11-1-2-11)8-7-15(14)20-18-16/h3-6,11H,1-2,7-10H2. The molecule has 2 aromatic rings. The molecule has 0 amide bonds. The van der Waals surface area contributed by atoms with Crippen LogP contribution < -0.4 is 0 Å². The second kappa shape index (κ2) is 4.90. The fraction of sp³-hybridized carbons (Fsp3) is 0.438. The summed E-state index contributed by atoms with van der Waals surface area (Å²) < 4.78 is 5.53. The van der Waals surface area contributed by atoms with Crippen molar-refractivity contribution in [1.29, 1.82) is 0 Å². The summed E-state index contributed by atoms with van der Waals surface area (Å²) in [6.07, 6.45) is 3.77. The molecule has 1 aromatic heterocycles. The second-order valence-corrected chi connectivity index (χ2v) is 6.30. The van der Waals surface area contributed by atoms with Crippen LogP contribution in [-0.4, -0.2) is 23.1 Å². The van der Waals surface area contributed by atoms with Gasteiger partial charge < -0.3 is 4.52 Å². The van der Waals surface area contributed by atoms with Gasteiger partial charge in [-0.15, -0.1) is 0 Å². The fourth-order valence-electron chi connectivity index (χ4n) is 2.92. The Labute approximate surface area is 123 Å². The lowest BCUT2D eigenvalue weighted by molar-refractivity contribution is 0.228. The van der Waals surface area contributed by atoms with Gasteiger partial charge in [0.25, 0.3) is 0 Å². The van der Waals surface area contributed by atoms with Crippen LogP contribution in [0.4, 0.5) is 0 Å². The predicted octanol–water partition coefficient (Wildman–Crippen LogP) is 3.76. The number of rotatable bonds is 3. The number of halogens is 1. The molecule has 4 heteroatoms. The third-order valence-electron chi connectivity index (χ3n) is 4.24. The van der Waals surface area contributed by atoms with Crippen molar-refractivity contribution in [3.05, 3.63) is 40.6 Å². The fourth-order valence-corrected chi connectivity index (χ4v) is 3.05. The SMILES string of the molecule is Clc1ccc(-c2noc3c2CN(CC2CC2)CC3)cc1. The molecule has 0 unspecified atom stereocenters. The molecular formula is C16H17ClN2O. The largest absolute Gasteiger partial charge is 0.360 e. The van der Waals surface area contributed by atoms with Gasteiger partial charge in [0.15, 0.2) is 0 Å². The topological polar surface area (TPSA) is 29.3 Å². The highest BCUT2D eigenvalue weighted by atomic mass is 35.5. The van der Waals surface area contributed by atoms with Gasteiger partial charge in [0.05, 0.1) is 0 Å². The molecule has 0 radical (unpaired) electrons. The zero-order valence-corrected chi connectivity index (χ0v) is 12.1. The molecule has 0 bridgehead atoms. The van der Waals surface area contributed by atoms with E-state index in [-0.39, 0.29) is 0 Å². The third kappa shape index (κ3) is 2.36. The van der Waals surface area contributed by atoms with E-state index in [4.69, 9.17) is 16.1 Å². The van der Waals surface area contributed by atoms with Crippen LogP contribution in [0.2, 0.25) is 5.02 Å². The van der Waals surface area contributed by atoms with Crippen molar-refractivity contribution in [2.24, 2.45) is 5.92 Å². The zero-order chi connectivity index (χ0) is 13.5. The smallest absolute Gasteiger partial charge is 0.143 e. The number of benzene rings is 1. The number of aromatic nitrogens is 1. The van der Waals surface area contributed by atoms with Crippen molar-refractivity contribution in [1.82, 2.24) is 10.1 Å². The lowest BCUT2D eigenvalue weighted by Gasteiger charge is -2.25. The van der Waals surface area contributed by atoms with Crippen LogP contribution in [-0.2, 0) is 13.0 Å². The maximum atomic E-state index is 5.95. The molecular weight excluding hydrogens is 272 g/mol. The average Bonchev–Trinajstić information content (AvgIpc) is 3.17. The van der Waals surface area contributed by atoms with Crippen molar-refractivity contribution >= 4 is 11.6 Å². The molecule has 20 heavy (non-hydrogen) atoms. The van der Waals surface area contributed by atoms with Crippen molar-refractivity contribution in [2.45, 2.75) is 25.8 Å². The zero-order valence-electron chi connectivity index (χ0n) is 11.3. The molecule has 0 spiro atoms. The molecule has 4 rings (SSSR count). The third-order valence-corrected chi connectivity index (χ3v) is 4.49. The maximum Gasteiger partial charge on any atom is 0.143 e. The highest BCUT2D eigenvalue weighted by Gasteiger charge is 2.29. The summed E-state index contributed by atoms with van der Waals surface area (Å²) in [5.74, 6) is 1.98. The number of nitrogens with zero attached hydrogens (tertiary/aromatic N) is 2. The van der Waals surface area contributed by atoms with Crippen LogP contribution >= 0.6 is 11.6 Å². The molecule has 3 nitrogen and oxygen atoms in total. The molecule has 1 aliphatic heterocycles. The van der Waals surface area contributed by atoms with E-state index in [1.807, 2.05) is 24.3 Å². The van der Waals surface area contributed by atoms with Gasteiger partial charge in [0.2, 0.25) is 0 Å². The minimum Gasteiger partial charge on any atom is -0.360 e. The normalized spacial score (nSPS) is 19.1. The average molecular weight is 289 g/mol. The van der Waals surface area contributed by atoms with E-state index in [1.54, 1.807) is 0 Å². The number of hydrogen-bond acceptors (Lipinski definition) is 3. The molecule has 1 fully saturated rings. The number of fused-ring (bicyclic) bond motifs is 1. The first-order valence-corrected chi connectivity index (χ1v) is 7.63. The van der Waals surface area contributed by atoms with E-state index < -0.39 is 0 Å². The Morgan fingerprint density at radius 3 is 2.80 bits per heavy atom. The Bertz CT molecular complexity index is 616. The quantitative estimate of drug-likeness (QED) is 0.861. The lowest BCUT2D eigenvalue weighted by atomic mass is 10.0. The highest BCUT2D eigenvalue weighted by Crippen LogP contribution is 2.34. The van der Waals surface area contributed by atoms with E-state index in [2.05, 4.69) is 10.1 Å². The van der Waals surface area contributed by atoms with Crippen molar-refractivity contribution in [3.8, 4) is 11.3 Å².